The van der Waals surface area contributed by atoms with E-state index in [4.69, 9.17) is 4.74 Å². The Hall–Kier alpha value is -2.03. The second-order valence-corrected chi connectivity index (χ2v) is 11.1. The molecule has 1 aliphatic carbocycles. The predicted octanol–water partition coefficient (Wildman–Crippen LogP) is 2.86. The minimum Gasteiger partial charge on any atom is -0.381 e. The molecule has 7 nitrogen and oxygen atoms in total. The lowest BCUT2D eigenvalue weighted by Crippen LogP contribution is -2.32. The van der Waals surface area contributed by atoms with E-state index in [9.17, 15) is 8.42 Å². The Bertz CT molecular complexity index is 964. The number of ether oxygens (including phenoxy) is 1. The van der Waals surface area contributed by atoms with Crippen molar-refractivity contribution < 1.29 is 13.2 Å². The van der Waals surface area contributed by atoms with Crippen molar-refractivity contribution in [2.75, 3.05) is 38.2 Å². The minimum absolute atomic E-state index is 0.0173. The summed E-state index contributed by atoms with van der Waals surface area (Å²) in [4.78, 5) is 2.89. The highest BCUT2D eigenvalue weighted by Crippen LogP contribution is 2.39. The number of hydrogen-bond acceptors (Lipinski definition) is 7. The average molecular weight is 443 g/mol. The third-order valence-corrected chi connectivity index (χ3v) is 8.67. The molecule has 1 aromatic heterocycles. The van der Waals surface area contributed by atoms with Gasteiger partial charge in [-0.3, -0.25) is 0 Å². The van der Waals surface area contributed by atoms with Crippen LogP contribution in [-0.2, 0) is 14.6 Å². The Labute approximate surface area is 184 Å². The molecule has 2 saturated heterocycles. The Morgan fingerprint density at radius 2 is 1.68 bits per heavy atom. The second kappa shape index (κ2) is 8.84. The summed E-state index contributed by atoms with van der Waals surface area (Å²) < 4.78 is 30.8. The molecule has 2 unspecified atom stereocenters. The lowest BCUT2D eigenvalue weighted by atomic mass is 10.00. The van der Waals surface area contributed by atoms with E-state index >= 15 is 0 Å². The molecule has 1 aromatic carbocycles. The van der Waals surface area contributed by atoms with Gasteiger partial charge in [-0.05, 0) is 67.7 Å². The Morgan fingerprint density at radius 3 is 2.32 bits per heavy atom. The van der Waals surface area contributed by atoms with Crippen molar-refractivity contribution >= 4 is 15.7 Å². The summed E-state index contributed by atoms with van der Waals surface area (Å²) >= 11 is 0. The molecule has 0 spiro atoms. The van der Waals surface area contributed by atoms with Crippen LogP contribution >= 0.6 is 0 Å². The van der Waals surface area contributed by atoms with Gasteiger partial charge in [0, 0.05) is 38.9 Å². The normalized spacial score (nSPS) is 27.3. The quantitative estimate of drug-likeness (QED) is 0.736. The third-order valence-electron chi connectivity index (χ3n) is 7.00. The molecule has 3 fully saturated rings. The van der Waals surface area contributed by atoms with Crippen LogP contribution in [0.15, 0.2) is 52.4 Å². The molecular formula is C23H30N4O3S. The first-order valence-corrected chi connectivity index (χ1v) is 12.8. The number of likely N-dealkylation sites (tertiary alicyclic amines) is 1. The van der Waals surface area contributed by atoms with E-state index in [-0.39, 0.29) is 9.92 Å². The van der Waals surface area contributed by atoms with Crippen molar-refractivity contribution in [1.29, 1.82) is 0 Å². The Kier molecular flexibility index (Phi) is 5.95. The van der Waals surface area contributed by atoms with Crippen molar-refractivity contribution in [1.82, 2.24) is 15.1 Å². The van der Waals surface area contributed by atoms with Crippen molar-refractivity contribution in [2.24, 2.45) is 17.8 Å². The first-order chi connectivity index (χ1) is 15.1. The molecule has 1 N–H and O–H groups in total. The number of aromatic nitrogens is 2. The highest BCUT2D eigenvalue weighted by Gasteiger charge is 2.41. The van der Waals surface area contributed by atoms with Gasteiger partial charge in [-0.2, -0.15) is 0 Å². The van der Waals surface area contributed by atoms with Crippen LogP contribution < -0.4 is 5.32 Å². The maximum absolute atomic E-state index is 12.7. The van der Waals surface area contributed by atoms with Gasteiger partial charge in [0.1, 0.15) is 5.82 Å². The Balaban J connectivity index is 1.15. The largest absolute Gasteiger partial charge is 0.381 e. The molecule has 5 rings (SSSR count). The molecule has 166 valence electrons. The number of nitrogens with one attached hydrogen (secondary N) is 1. The molecule has 2 atom stereocenters. The van der Waals surface area contributed by atoms with Crippen LogP contribution in [0, 0.1) is 17.8 Å². The van der Waals surface area contributed by atoms with Crippen LogP contribution in [0.2, 0.25) is 0 Å². The third kappa shape index (κ3) is 4.61. The molecule has 0 radical (unpaired) electrons. The highest BCUT2D eigenvalue weighted by atomic mass is 32.2. The molecule has 3 aliphatic rings. The first kappa shape index (κ1) is 20.8. The fourth-order valence-electron chi connectivity index (χ4n) is 5.43. The molecule has 1 saturated carbocycles. The lowest BCUT2D eigenvalue weighted by Gasteiger charge is -2.27. The zero-order chi connectivity index (χ0) is 21.3. The summed E-state index contributed by atoms with van der Waals surface area (Å²) in [7, 11) is -3.63. The van der Waals surface area contributed by atoms with E-state index in [0.29, 0.717) is 11.9 Å². The molecule has 0 bridgehead atoms. The molecule has 2 aliphatic heterocycles. The van der Waals surface area contributed by atoms with E-state index in [0.717, 1.165) is 43.8 Å². The minimum atomic E-state index is -3.63. The van der Waals surface area contributed by atoms with Crippen LogP contribution in [0.1, 0.15) is 25.7 Å². The van der Waals surface area contributed by atoms with Gasteiger partial charge in [-0.25, -0.2) is 8.42 Å². The predicted molar refractivity (Wildman–Crippen MR) is 118 cm³/mol. The van der Waals surface area contributed by atoms with Crippen molar-refractivity contribution in [3.05, 3.63) is 42.5 Å². The average Bonchev–Trinajstić information content (AvgIpc) is 3.33. The number of fused-ring (bicyclic) bond motifs is 1. The number of anilines is 1. The van der Waals surface area contributed by atoms with Crippen molar-refractivity contribution in [2.45, 2.75) is 41.6 Å². The zero-order valence-corrected chi connectivity index (χ0v) is 18.5. The standard InChI is InChI=1S/C23H30N4O3S/c28-31(29,21-4-2-1-3-5-21)23-7-6-22(25-26-23)24-20-12-18-15-27(16-19(18)13-20)14-17-8-10-30-11-9-17/h1-7,17-20H,8-16H2,(H,24,25). The van der Waals surface area contributed by atoms with E-state index in [1.165, 1.54) is 32.5 Å². The second-order valence-electron chi connectivity index (χ2n) is 9.18. The fourth-order valence-corrected chi connectivity index (χ4v) is 6.58. The smallest absolute Gasteiger partial charge is 0.225 e. The lowest BCUT2D eigenvalue weighted by molar-refractivity contribution is 0.0545. The number of rotatable bonds is 6. The van der Waals surface area contributed by atoms with E-state index in [1.807, 2.05) is 0 Å². The van der Waals surface area contributed by atoms with Crippen LogP contribution in [-0.4, -0.2) is 62.4 Å². The summed E-state index contributed by atoms with van der Waals surface area (Å²) in [5, 5.41) is 11.6. The molecule has 3 heterocycles. The van der Waals surface area contributed by atoms with Gasteiger partial charge in [0.25, 0.3) is 0 Å². The highest BCUT2D eigenvalue weighted by molar-refractivity contribution is 7.91. The van der Waals surface area contributed by atoms with Gasteiger partial charge in [-0.15, -0.1) is 10.2 Å². The number of nitrogens with zero attached hydrogens (tertiary/aromatic N) is 3. The van der Waals surface area contributed by atoms with Gasteiger partial charge >= 0.3 is 0 Å². The van der Waals surface area contributed by atoms with Gasteiger partial charge < -0.3 is 15.0 Å². The molecular weight excluding hydrogens is 412 g/mol. The van der Waals surface area contributed by atoms with Crippen LogP contribution in [0.5, 0.6) is 0 Å². The molecule has 2 aromatic rings. The van der Waals surface area contributed by atoms with Crippen LogP contribution in [0.3, 0.4) is 0 Å². The zero-order valence-electron chi connectivity index (χ0n) is 17.7. The summed E-state index contributed by atoms with van der Waals surface area (Å²) in [5.74, 6) is 2.92. The van der Waals surface area contributed by atoms with Crippen LogP contribution in [0.4, 0.5) is 5.82 Å². The maximum atomic E-state index is 12.7. The van der Waals surface area contributed by atoms with Gasteiger partial charge in [0.2, 0.25) is 9.84 Å². The van der Waals surface area contributed by atoms with Gasteiger partial charge in [-0.1, -0.05) is 18.2 Å². The monoisotopic (exact) mass is 442 g/mol. The summed E-state index contributed by atoms with van der Waals surface area (Å²) in [6, 6.07) is 12.0. The van der Waals surface area contributed by atoms with Crippen molar-refractivity contribution in [3.63, 3.8) is 0 Å². The summed E-state index contributed by atoms with van der Waals surface area (Å²) in [6.45, 7) is 5.45. The maximum Gasteiger partial charge on any atom is 0.225 e. The first-order valence-electron chi connectivity index (χ1n) is 11.3. The van der Waals surface area contributed by atoms with Crippen LogP contribution in [0.25, 0.3) is 0 Å². The van der Waals surface area contributed by atoms with Gasteiger partial charge in [0.05, 0.1) is 4.90 Å². The molecule has 8 heteroatoms. The number of hydrogen-bond donors (Lipinski definition) is 1. The van der Waals surface area contributed by atoms with Crippen molar-refractivity contribution in [3.8, 4) is 0 Å². The molecule has 0 amide bonds. The SMILES string of the molecule is O=S(=O)(c1ccccc1)c1ccc(NC2CC3CN(CC4CCOCC4)CC3C2)nn1. The summed E-state index contributed by atoms with van der Waals surface area (Å²) in [5.41, 5.74) is 0. The van der Waals surface area contributed by atoms with E-state index < -0.39 is 9.84 Å². The van der Waals surface area contributed by atoms with E-state index in [1.54, 1.807) is 42.5 Å². The number of benzene rings is 1. The Morgan fingerprint density at radius 1 is 0.968 bits per heavy atom. The topological polar surface area (TPSA) is 84.4 Å². The van der Waals surface area contributed by atoms with Gasteiger partial charge in [0.15, 0.2) is 5.03 Å². The summed E-state index contributed by atoms with van der Waals surface area (Å²) in [6.07, 6.45) is 4.68. The number of sulfone groups is 1. The fraction of sp³-hybridized carbons (Fsp3) is 0.565. The molecule has 31 heavy (non-hydrogen) atoms. The van der Waals surface area contributed by atoms with E-state index in [2.05, 4.69) is 20.4 Å².